The number of alkyl carbamates (subject to hydrolysis) is 1. The molecule has 19 atom stereocenters. The van der Waals surface area contributed by atoms with Gasteiger partial charge in [-0.05, 0) is 91.8 Å². The lowest BCUT2D eigenvalue weighted by Gasteiger charge is -2.47. The Morgan fingerprint density at radius 1 is 0.826 bits per heavy atom. The van der Waals surface area contributed by atoms with Crippen LogP contribution < -0.4 is 15.4 Å². The van der Waals surface area contributed by atoms with Crippen LogP contribution in [0.3, 0.4) is 0 Å². The first-order valence-electron chi connectivity index (χ1n) is 30.8. The number of nitriles is 1. The minimum Gasteiger partial charge on any atom is -0.445 e. The highest BCUT2D eigenvalue weighted by Crippen LogP contribution is 2.54. The monoisotopic (exact) mass is 1220 g/mol. The molecule has 1 spiro atoms. The lowest BCUT2D eigenvalue weighted by molar-refractivity contribution is -0.292. The van der Waals surface area contributed by atoms with Crippen molar-refractivity contribution in [3.63, 3.8) is 0 Å². The van der Waals surface area contributed by atoms with Gasteiger partial charge in [0.25, 0.3) is 10.0 Å². The molecule has 10 saturated heterocycles. The van der Waals surface area contributed by atoms with Crippen LogP contribution in [-0.2, 0) is 83.0 Å². The van der Waals surface area contributed by atoms with E-state index in [4.69, 9.17) is 67.3 Å². The number of nitrogens with two attached hydrogens (primary N) is 1. The van der Waals surface area contributed by atoms with Crippen LogP contribution in [0.15, 0.2) is 71.9 Å². The number of rotatable bonds is 21. The molecule has 12 rings (SSSR count). The van der Waals surface area contributed by atoms with Crippen molar-refractivity contribution in [1.82, 2.24) is 10.3 Å². The largest absolute Gasteiger partial charge is 0.445 e. The number of methoxy groups -OCH3 is 1. The maximum atomic E-state index is 14.5. The van der Waals surface area contributed by atoms with Crippen LogP contribution in [0, 0.1) is 23.2 Å². The average molecular weight is 1220 g/mol. The van der Waals surface area contributed by atoms with Gasteiger partial charge < -0.3 is 77.7 Å². The topological polar surface area (TPSA) is 286 Å². The van der Waals surface area contributed by atoms with Crippen molar-refractivity contribution in [1.29, 1.82) is 5.26 Å². The number of fused-ring (bicyclic) bond motifs is 6. The number of amides is 1. The number of carbonyl (C=O) groups is 2. The zero-order valence-electron chi connectivity index (χ0n) is 49.3. The number of aromatic nitrogens is 1. The third-order valence-electron chi connectivity index (χ3n) is 18.6. The Bertz CT molecular complexity index is 2830. The molecule has 0 saturated carbocycles. The Morgan fingerprint density at radius 3 is 2.30 bits per heavy atom. The molecular formula is C62H85N5O18S. The van der Waals surface area contributed by atoms with Gasteiger partial charge >= 0.3 is 6.09 Å². The Morgan fingerprint density at radius 2 is 1.55 bits per heavy atom. The molecule has 11 heterocycles. The van der Waals surface area contributed by atoms with Crippen molar-refractivity contribution in [2.45, 2.75) is 205 Å². The highest BCUT2D eigenvalue weighted by Gasteiger charge is 2.69. The van der Waals surface area contributed by atoms with Crippen LogP contribution in [0.2, 0.25) is 0 Å². The first-order chi connectivity index (χ1) is 41.6. The van der Waals surface area contributed by atoms with E-state index in [0.717, 1.165) is 47.6 Å². The number of sulfonamides is 1. The summed E-state index contributed by atoms with van der Waals surface area (Å²) in [7, 11) is -2.62. The molecule has 0 aliphatic carbocycles. The first kappa shape index (κ1) is 63.1. The van der Waals surface area contributed by atoms with Crippen molar-refractivity contribution in [2.24, 2.45) is 17.6 Å². The summed E-state index contributed by atoms with van der Waals surface area (Å²) in [5, 5.41) is 23.2. The van der Waals surface area contributed by atoms with Crippen LogP contribution in [0.1, 0.15) is 102 Å². The first-order valence-corrected chi connectivity index (χ1v) is 32.2. The number of nitrogens with zero attached hydrogens (tertiary/aromatic N) is 3. The number of hydrogen-bond acceptors (Lipinski definition) is 21. The van der Waals surface area contributed by atoms with Crippen molar-refractivity contribution in [2.75, 3.05) is 70.7 Å². The van der Waals surface area contributed by atoms with Crippen molar-refractivity contribution < 1.29 is 84.7 Å². The molecule has 10 aliphatic rings. The van der Waals surface area contributed by atoms with E-state index >= 15 is 0 Å². The molecular weight excluding hydrogens is 1130 g/mol. The molecule has 10 aliphatic heterocycles. The summed E-state index contributed by atoms with van der Waals surface area (Å²) in [5.41, 5.74) is 8.56. The van der Waals surface area contributed by atoms with Gasteiger partial charge in [-0.15, -0.1) is 0 Å². The Kier molecular flexibility index (Phi) is 20.6. The Labute approximate surface area is 503 Å². The fourth-order valence-corrected chi connectivity index (χ4v) is 15.7. The smallest absolute Gasteiger partial charge is 0.407 e. The number of nitrogens with one attached hydrogen (secondary N) is 1. The second-order valence-corrected chi connectivity index (χ2v) is 26.3. The summed E-state index contributed by atoms with van der Waals surface area (Å²) < 4.78 is 112. The van der Waals surface area contributed by atoms with Gasteiger partial charge in [-0.25, -0.2) is 9.78 Å². The molecule has 23 nitrogen and oxygen atoms in total. The second kappa shape index (κ2) is 28.1. The third-order valence-corrected chi connectivity index (χ3v) is 20.4. The van der Waals surface area contributed by atoms with Crippen LogP contribution in [-0.4, -0.2) is 200 Å². The summed E-state index contributed by atoms with van der Waals surface area (Å²) in [5.74, 6) is -1.08. The van der Waals surface area contributed by atoms with E-state index in [1.165, 1.54) is 18.3 Å². The van der Waals surface area contributed by atoms with E-state index < -0.39 is 64.4 Å². The van der Waals surface area contributed by atoms with E-state index in [1.807, 2.05) is 6.07 Å². The lowest BCUT2D eigenvalue weighted by atomic mass is 9.81. The van der Waals surface area contributed by atoms with Crippen LogP contribution in [0.4, 0.5) is 10.5 Å². The molecule has 2 aromatic rings. The minimum absolute atomic E-state index is 0.00400. The van der Waals surface area contributed by atoms with Crippen molar-refractivity contribution in [3.8, 4) is 6.07 Å². The van der Waals surface area contributed by atoms with Gasteiger partial charge in [0.05, 0.1) is 125 Å². The van der Waals surface area contributed by atoms with Crippen molar-refractivity contribution >= 4 is 27.6 Å². The van der Waals surface area contributed by atoms with E-state index in [9.17, 15) is 28.4 Å². The van der Waals surface area contributed by atoms with Crippen LogP contribution >= 0.6 is 0 Å². The molecule has 0 radical (unpaired) electrons. The SMILES string of the molecule is C=C1C[C@@H]2CC[C@@]34C[C@H]5OC6C(O[C@H]7CC[C@H](CC(=O)C[C@@H]8[C@@H](OC)[C@@H](C[C@H](O)CNC(=O)OCc9ccc(N(CCOCCOCCOCCN)S(=O)(=O)c%10ccc(C#N)cn%10)cc9)O[C@H]8C[C@H]8O[C@@H](CC[C@@H]1O2)C[C@@H](C)C8=C)O[C@@H]7[C@@H]6O3)[C@H]5O4. The van der Waals surface area contributed by atoms with Gasteiger partial charge in [0.1, 0.15) is 49.0 Å². The van der Waals surface area contributed by atoms with E-state index in [2.05, 4.69) is 30.4 Å². The highest BCUT2D eigenvalue weighted by atomic mass is 32.2. The Balaban J connectivity index is 0.718. The number of hydrogen-bond donors (Lipinski definition) is 3. The summed E-state index contributed by atoms with van der Waals surface area (Å²) in [6, 6.07) is 11.0. The lowest BCUT2D eigenvalue weighted by Crippen LogP contribution is -2.61. The predicted molar refractivity (Wildman–Crippen MR) is 307 cm³/mol. The molecule has 12 bridgehead atoms. The number of anilines is 1. The standard InChI is InChI=1S/C62H85N5O18S/c1-36-25-44-10-12-48-37(2)26-46(78-48)15-16-62-31-53-57(84-62)58-59(83-53)60(85-62)56-49(82-58)13-11-45(80-56)27-42(68)28-47-51(30-50(79-44)38(36)3)81-52(55(47)73-4)29-43(69)34-66-61(70)77-35-39-5-8-41(9-6-39)67(18-20-75-22-24-76-23-21-74-19-17-63)86(71,72)54-14-7-40(32-64)33-65-54/h5-9,14,33,36,43-53,55-60,69H,2-3,10-13,15-31,34-35,63H2,1,4H3,(H,66,70)/t36-,43+,44+,45-,46+,47+,48+,49+,50-,51+,52-,53-,55-,56+,57+,58?,59?,60+,62+/m1/s1. The molecule has 10 fully saturated rings. The fourth-order valence-electron chi connectivity index (χ4n) is 14.3. The van der Waals surface area contributed by atoms with Crippen LogP contribution in [0.5, 0.6) is 0 Å². The van der Waals surface area contributed by atoms with Crippen molar-refractivity contribution in [3.05, 3.63) is 78.0 Å². The summed E-state index contributed by atoms with van der Waals surface area (Å²) in [4.78, 5) is 31.7. The maximum absolute atomic E-state index is 14.5. The fraction of sp³-hybridized carbons (Fsp3) is 0.710. The van der Waals surface area contributed by atoms with Gasteiger partial charge in [-0.2, -0.15) is 13.7 Å². The summed E-state index contributed by atoms with van der Waals surface area (Å²) in [6.45, 7) is 12.9. The van der Waals surface area contributed by atoms with Gasteiger partial charge in [0, 0.05) is 70.8 Å². The second-order valence-electron chi connectivity index (χ2n) is 24.5. The van der Waals surface area contributed by atoms with Gasteiger partial charge in [-0.3, -0.25) is 9.10 Å². The Hall–Kier alpha value is -4.53. The number of carbonyl (C=O) groups excluding carboxylic acids is 2. The highest BCUT2D eigenvalue weighted by molar-refractivity contribution is 7.92. The third kappa shape index (κ3) is 14.4. The summed E-state index contributed by atoms with van der Waals surface area (Å²) in [6.07, 6.45) is 1.97. The molecule has 4 N–H and O–H groups in total. The van der Waals surface area contributed by atoms with Gasteiger partial charge in [0.2, 0.25) is 0 Å². The normalized spacial score (nSPS) is 36.2. The molecule has 1 amide bonds. The number of Topliss-reactive ketones (excluding diaryl/α,β-unsaturated/α-hetero) is 1. The molecule has 86 heavy (non-hydrogen) atoms. The number of aliphatic hydroxyl groups excluding tert-OH is 1. The zero-order chi connectivity index (χ0) is 60.1. The molecule has 1 aromatic carbocycles. The maximum Gasteiger partial charge on any atom is 0.407 e. The number of ether oxygens (including phenoxy) is 13. The molecule has 24 heteroatoms. The average Bonchev–Trinajstić information content (AvgIpc) is 1.60. The number of ketones is 1. The zero-order valence-corrected chi connectivity index (χ0v) is 50.1. The molecule has 1 aromatic heterocycles. The van der Waals surface area contributed by atoms with E-state index in [-0.39, 0.29) is 142 Å². The number of pyridine rings is 1. The predicted octanol–water partition coefficient (Wildman–Crippen LogP) is 4.88. The number of benzene rings is 1. The molecule has 472 valence electrons. The van der Waals surface area contributed by atoms with E-state index in [0.29, 0.717) is 69.7 Å². The van der Waals surface area contributed by atoms with Crippen LogP contribution in [0.25, 0.3) is 0 Å². The van der Waals surface area contributed by atoms with Gasteiger partial charge in [-0.1, -0.05) is 32.2 Å². The summed E-state index contributed by atoms with van der Waals surface area (Å²) >= 11 is 0. The quantitative estimate of drug-likeness (QED) is 0.111. The van der Waals surface area contributed by atoms with Gasteiger partial charge in [0.15, 0.2) is 10.8 Å². The molecule has 2 unspecified atom stereocenters. The number of aliphatic hydroxyl groups is 1. The minimum atomic E-state index is -4.21. The van der Waals surface area contributed by atoms with E-state index in [1.54, 1.807) is 31.4 Å².